The average Bonchev–Trinajstić information content (AvgIpc) is 2.76. The second-order valence-electron chi connectivity index (χ2n) is 8.28. The summed E-state index contributed by atoms with van der Waals surface area (Å²) in [5.41, 5.74) is 12.2. The molecule has 3 rings (SSSR count). The highest BCUT2D eigenvalue weighted by Gasteiger charge is 2.42. The summed E-state index contributed by atoms with van der Waals surface area (Å²) in [4.78, 5) is 16.8. The number of piperidine rings is 1. The number of phenols is 1. The van der Waals surface area contributed by atoms with Gasteiger partial charge in [0, 0.05) is 47.9 Å². The van der Waals surface area contributed by atoms with E-state index < -0.39 is 5.54 Å². The van der Waals surface area contributed by atoms with Gasteiger partial charge in [-0.1, -0.05) is 38.3 Å². The van der Waals surface area contributed by atoms with Crippen molar-refractivity contribution in [2.75, 3.05) is 18.8 Å². The van der Waals surface area contributed by atoms with E-state index >= 15 is 0 Å². The van der Waals surface area contributed by atoms with Crippen molar-refractivity contribution < 1.29 is 14.2 Å². The zero-order valence-electron chi connectivity index (χ0n) is 17.5. The van der Waals surface area contributed by atoms with Crippen molar-refractivity contribution in [3.63, 3.8) is 0 Å². The molecule has 7 nitrogen and oxygen atoms in total. The maximum absolute atomic E-state index is 12.0. The van der Waals surface area contributed by atoms with Gasteiger partial charge in [-0.3, -0.25) is 4.99 Å². The lowest BCUT2D eigenvalue weighted by Gasteiger charge is -2.40. The SMILES string of the molecule is C[C@@H]1CN(OS/C=C/c2cccc(N)c2O)CCC1(C=O)N=C(N)C1CCCCC1. The molecule has 5 N–H and O–H groups in total. The molecule has 1 saturated heterocycles. The van der Waals surface area contributed by atoms with E-state index in [1.165, 1.54) is 19.3 Å². The fourth-order valence-electron chi connectivity index (χ4n) is 4.17. The van der Waals surface area contributed by atoms with Crippen molar-refractivity contribution >= 4 is 35.9 Å². The molecular weight excluding hydrogens is 400 g/mol. The van der Waals surface area contributed by atoms with Gasteiger partial charge in [0.1, 0.15) is 17.6 Å². The zero-order valence-corrected chi connectivity index (χ0v) is 18.3. The van der Waals surface area contributed by atoms with Crippen LogP contribution >= 0.6 is 12.0 Å². The number of carbonyl (C=O) groups excluding carboxylic acids is 1. The molecule has 0 aromatic heterocycles. The minimum absolute atomic E-state index is 0.00608. The van der Waals surface area contributed by atoms with Crippen molar-refractivity contribution in [1.29, 1.82) is 0 Å². The smallest absolute Gasteiger partial charge is 0.148 e. The second-order valence-corrected chi connectivity index (χ2v) is 8.89. The number of aromatic hydroxyl groups is 1. The summed E-state index contributed by atoms with van der Waals surface area (Å²) in [7, 11) is 0. The average molecular weight is 433 g/mol. The van der Waals surface area contributed by atoms with Gasteiger partial charge in [0.25, 0.3) is 0 Å². The van der Waals surface area contributed by atoms with Crippen LogP contribution in [0.1, 0.15) is 51.0 Å². The number of phenolic OH excluding ortho intramolecular Hbond substituents is 1. The van der Waals surface area contributed by atoms with Gasteiger partial charge in [-0.2, -0.15) is 5.06 Å². The van der Waals surface area contributed by atoms with Gasteiger partial charge >= 0.3 is 0 Å². The number of nitrogens with two attached hydrogens (primary N) is 2. The van der Waals surface area contributed by atoms with Gasteiger partial charge in [0.15, 0.2) is 0 Å². The first kappa shape index (κ1) is 22.7. The van der Waals surface area contributed by atoms with Gasteiger partial charge in [0.05, 0.1) is 11.5 Å². The highest BCUT2D eigenvalue weighted by atomic mass is 32.2. The maximum atomic E-state index is 12.0. The van der Waals surface area contributed by atoms with Gasteiger partial charge in [-0.15, -0.1) is 0 Å². The summed E-state index contributed by atoms with van der Waals surface area (Å²) in [6.07, 6.45) is 9.06. The van der Waals surface area contributed by atoms with Gasteiger partial charge in [-0.05, 0) is 31.4 Å². The summed E-state index contributed by atoms with van der Waals surface area (Å²) < 4.78 is 5.76. The molecule has 1 unspecified atom stereocenters. The van der Waals surface area contributed by atoms with Crippen LogP contribution in [-0.2, 0) is 9.08 Å². The molecule has 1 saturated carbocycles. The quantitative estimate of drug-likeness (QED) is 0.150. The lowest BCUT2D eigenvalue weighted by molar-refractivity contribution is -0.123. The van der Waals surface area contributed by atoms with Crippen LogP contribution in [0, 0.1) is 11.8 Å². The Morgan fingerprint density at radius 2 is 2.13 bits per heavy atom. The second kappa shape index (κ2) is 10.3. The van der Waals surface area contributed by atoms with E-state index in [9.17, 15) is 9.90 Å². The van der Waals surface area contributed by atoms with Crippen LogP contribution in [0.3, 0.4) is 0 Å². The molecule has 1 aromatic carbocycles. The summed E-state index contributed by atoms with van der Waals surface area (Å²) in [6, 6.07) is 5.21. The number of hydroxylamine groups is 2. The van der Waals surface area contributed by atoms with Crippen molar-refractivity contribution in [3.8, 4) is 5.75 Å². The lowest BCUT2D eigenvalue weighted by atomic mass is 9.80. The predicted molar refractivity (Wildman–Crippen MR) is 123 cm³/mol. The van der Waals surface area contributed by atoms with Crippen LogP contribution in [0.15, 0.2) is 28.6 Å². The fourth-order valence-corrected chi connectivity index (χ4v) is 4.68. The molecule has 2 fully saturated rings. The van der Waals surface area contributed by atoms with E-state index in [1.54, 1.807) is 29.7 Å². The molecule has 8 heteroatoms. The standard InChI is InChI=1S/C22H32N4O3S/c1-16-14-26(29-30-13-10-17-8-5-9-19(23)20(17)28)12-11-22(16,15-27)25-21(24)18-6-3-2-4-7-18/h5,8-10,13,15-16,18,28H,2-4,6-7,11-12,14,23H2,1H3,(H2,24,25)/b13-10+/t16-,22?/m1/s1. The third-order valence-corrected chi connectivity index (χ3v) is 6.75. The minimum atomic E-state index is -0.769. The van der Waals surface area contributed by atoms with Crippen molar-refractivity contribution in [2.45, 2.75) is 51.0 Å². The monoisotopic (exact) mass is 432 g/mol. The lowest BCUT2D eigenvalue weighted by Crippen LogP contribution is -2.51. The van der Waals surface area contributed by atoms with E-state index in [-0.39, 0.29) is 11.7 Å². The number of hydrogen-bond donors (Lipinski definition) is 3. The number of nitrogen functional groups attached to an aromatic ring is 1. The number of nitrogens with zero attached hydrogens (tertiary/aromatic N) is 2. The van der Waals surface area contributed by atoms with Gasteiger partial charge < -0.3 is 21.4 Å². The molecule has 2 aliphatic rings. The molecule has 1 heterocycles. The Morgan fingerprint density at radius 1 is 1.37 bits per heavy atom. The van der Waals surface area contributed by atoms with Crippen molar-refractivity contribution in [2.24, 2.45) is 22.6 Å². The molecule has 0 radical (unpaired) electrons. The molecule has 0 amide bonds. The molecular formula is C22H32N4O3S. The van der Waals surface area contributed by atoms with Gasteiger partial charge in [0.2, 0.25) is 0 Å². The van der Waals surface area contributed by atoms with E-state index in [2.05, 4.69) is 0 Å². The number of hydrogen-bond acceptors (Lipinski definition) is 7. The third-order valence-electron chi connectivity index (χ3n) is 6.21. The molecule has 0 spiro atoms. The fraction of sp³-hybridized carbons (Fsp3) is 0.545. The molecule has 30 heavy (non-hydrogen) atoms. The first-order valence-corrected chi connectivity index (χ1v) is 11.4. The summed E-state index contributed by atoms with van der Waals surface area (Å²) in [6.45, 7) is 3.20. The number of para-hydroxylation sites is 1. The number of rotatable bonds is 7. The molecule has 1 aliphatic carbocycles. The minimum Gasteiger partial charge on any atom is -0.505 e. The van der Waals surface area contributed by atoms with Crippen LogP contribution < -0.4 is 11.5 Å². The molecule has 1 aliphatic heterocycles. The Kier molecular flexibility index (Phi) is 7.80. The van der Waals surface area contributed by atoms with Crippen molar-refractivity contribution in [3.05, 3.63) is 29.2 Å². The Morgan fingerprint density at radius 3 is 2.83 bits per heavy atom. The molecule has 2 atom stereocenters. The Labute approximate surface area is 182 Å². The molecule has 0 bridgehead atoms. The van der Waals surface area contributed by atoms with Crippen LogP contribution in [0.25, 0.3) is 6.08 Å². The Hall–Kier alpha value is -2.03. The number of benzene rings is 1. The van der Waals surface area contributed by atoms with E-state index in [4.69, 9.17) is 20.7 Å². The van der Waals surface area contributed by atoms with Crippen LogP contribution in [0.2, 0.25) is 0 Å². The number of anilines is 1. The van der Waals surface area contributed by atoms with E-state index in [0.717, 1.165) is 31.2 Å². The Bertz CT molecular complexity index is 795. The summed E-state index contributed by atoms with van der Waals surface area (Å²) in [5, 5.41) is 13.5. The zero-order chi connectivity index (χ0) is 21.6. The van der Waals surface area contributed by atoms with Crippen LogP contribution in [0.5, 0.6) is 5.75 Å². The number of amidine groups is 1. The predicted octanol–water partition coefficient (Wildman–Crippen LogP) is 3.74. The largest absolute Gasteiger partial charge is 0.505 e. The van der Waals surface area contributed by atoms with E-state index in [0.29, 0.717) is 42.5 Å². The highest BCUT2D eigenvalue weighted by Crippen LogP contribution is 2.33. The third kappa shape index (κ3) is 5.36. The maximum Gasteiger partial charge on any atom is 0.148 e. The molecule has 164 valence electrons. The normalized spacial score (nSPS) is 26.8. The molecule has 1 aromatic rings. The topological polar surface area (TPSA) is 114 Å². The Balaban J connectivity index is 1.55. The highest BCUT2D eigenvalue weighted by molar-refractivity contribution is 7.97. The van der Waals surface area contributed by atoms with Crippen molar-refractivity contribution in [1.82, 2.24) is 5.06 Å². The summed E-state index contributed by atoms with van der Waals surface area (Å²) in [5.74, 6) is 1.00. The number of aldehydes is 1. The van der Waals surface area contributed by atoms with Crippen LogP contribution in [-0.4, -0.2) is 40.9 Å². The number of aliphatic imine (C=N–C) groups is 1. The number of carbonyl (C=O) groups is 1. The first-order chi connectivity index (χ1) is 14.4. The van der Waals surface area contributed by atoms with E-state index in [1.807, 2.05) is 12.0 Å². The van der Waals surface area contributed by atoms with Crippen LogP contribution in [0.4, 0.5) is 5.69 Å². The summed E-state index contributed by atoms with van der Waals surface area (Å²) >= 11 is 1.16. The van der Waals surface area contributed by atoms with Gasteiger partial charge in [-0.25, -0.2) is 4.28 Å². The first-order valence-electron chi connectivity index (χ1n) is 10.6.